The van der Waals surface area contributed by atoms with E-state index in [1.807, 2.05) is 25.1 Å². The molecule has 126 valence electrons. The lowest BCUT2D eigenvalue weighted by Gasteiger charge is -2.23. The third kappa shape index (κ3) is 2.94. The largest absolute Gasteiger partial charge is 0.384 e. The third-order valence-electron chi connectivity index (χ3n) is 5.04. The van der Waals surface area contributed by atoms with E-state index in [9.17, 15) is 9.90 Å². The van der Waals surface area contributed by atoms with Gasteiger partial charge in [0.25, 0.3) is 0 Å². The Hall–Kier alpha value is -2.21. The number of aromatic amines is 1. The second kappa shape index (κ2) is 5.70. The number of carbonyl (C=O) groups is 1. The van der Waals surface area contributed by atoms with Gasteiger partial charge >= 0.3 is 0 Å². The number of aromatic nitrogens is 3. The minimum atomic E-state index is -1.02. The van der Waals surface area contributed by atoms with Gasteiger partial charge in [0, 0.05) is 23.6 Å². The van der Waals surface area contributed by atoms with Crippen LogP contribution in [0.1, 0.15) is 55.0 Å². The number of nitrogens with one attached hydrogen (secondary N) is 2. The first-order chi connectivity index (χ1) is 11.6. The number of aldehydes is 1. The summed E-state index contributed by atoms with van der Waals surface area (Å²) in [7, 11) is 0. The fourth-order valence-corrected chi connectivity index (χ4v) is 3.52. The van der Waals surface area contributed by atoms with Crippen LogP contribution in [0.2, 0.25) is 0 Å². The number of aryl methyl sites for hydroxylation is 1. The molecule has 2 aliphatic carbocycles. The normalized spacial score (nSPS) is 26.5. The maximum absolute atomic E-state index is 11.0. The Labute approximate surface area is 140 Å². The highest BCUT2D eigenvalue weighted by molar-refractivity contribution is 5.56. The van der Waals surface area contributed by atoms with Crippen molar-refractivity contribution in [2.24, 2.45) is 5.92 Å². The number of H-pyrrole nitrogens is 1. The standard InChI is InChI=1S/C18H22N4O2/c1-11-6-15(18(24)5-4-12(9-18)10-23)19-16(7-11)20-17-8-14(21-22-17)13-2-3-13/h6-8,10,12-13,24H,2-5,9H2,1H3,(H2,19,20,21,22)/t12-,18+/m0/s1. The van der Waals surface area contributed by atoms with Crippen molar-refractivity contribution in [3.63, 3.8) is 0 Å². The first kappa shape index (κ1) is 15.3. The van der Waals surface area contributed by atoms with Gasteiger partial charge < -0.3 is 15.2 Å². The van der Waals surface area contributed by atoms with Crippen molar-refractivity contribution in [1.29, 1.82) is 0 Å². The zero-order valence-electron chi connectivity index (χ0n) is 13.7. The molecule has 2 aliphatic rings. The second-order valence-electron chi connectivity index (χ2n) is 7.19. The molecule has 2 aromatic rings. The summed E-state index contributed by atoms with van der Waals surface area (Å²) >= 11 is 0. The van der Waals surface area contributed by atoms with Crippen LogP contribution in [0.5, 0.6) is 0 Å². The van der Waals surface area contributed by atoms with E-state index >= 15 is 0 Å². The molecule has 2 atom stereocenters. The summed E-state index contributed by atoms with van der Waals surface area (Å²) in [4.78, 5) is 15.6. The first-order valence-corrected chi connectivity index (χ1v) is 8.55. The van der Waals surface area contributed by atoms with Crippen LogP contribution in [0.4, 0.5) is 11.6 Å². The van der Waals surface area contributed by atoms with Crippen molar-refractivity contribution in [2.45, 2.75) is 50.5 Å². The van der Waals surface area contributed by atoms with Crippen molar-refractivity contribution >= 4 is 17.9 Å². The molecule has 0 aliphatic heterocycles. The topological polar surface area (TPSA) is 90.9 Å². The quantitative estimate of drug-likeness (QED) is 0.735. The highest BCUT2D eigenvalue weighted by atomic mass is 16.3. The molecule has 24 heavy (non-hydrogen) atoms. The number of nitrogens with zero attached hydrogens (tertiary/aromatic N) is 2. The fourth-order valence-electron chi connectivity index (χ4n) is 3.52. The maximum atomic E-state index is 11.0. The van der Waals surface area contributed by atoms with Crippen LogP contribution in [0.15, 0.2) is 18.2 Å². The van der Waals surface area contributed by atoms with Gasteiger partial charge in [0.1, 0.15) is 17.7 Å². The zero-order valence-corrected chi connectivity index (χ0v) is 13.7. The van der Waals surface area contributed by atoms with Gasteiger partial charge in [-0.3, -0.25) is 5.10 Å². The number of hydrogen-bond donors (Lipinski definition) is 3. The van der Waals surface area contributed by atoms with Crippen molar-refractivity contribution in [1.82, 2.24) is 15.2 Å². The van der Waals surface area contributed by atoms with Crippen molar-refractivity contribution < 1.29 is 9.90 Å². The van der Waals surface area contributed by atoms with E-state index in [2.05, 4.69) is 20.5 Å². The van der Waals surface area contributed by atoms with E-state index < -0.39 is 5.60 Å². The van der Waals surface area contributed by atoms with Gasteiger partial charge in [-0.15, -0.1) is 0 Å². The molecule has 2 fully saturated rings. The lowest BCUT2D eigenvalue weighted by molar-refractivity contribution is -0.111. The smallest absolute Gasteiger partial charge is 0.153 e. The third-order valence-corrected chi connectivity index (χ3v) is 5.04. The van der Waals surface area contributed by atoms with Crippen LogP contribution in [0.3, 0.4) is 0 Å². The lowest BCUT2D eigenvalue weighted by atomic mass is 9.95. The summed E-state index contributed by atoms with van der Waals surface area (Å²) in [5.74, 6) is 1.95. The predicted octanol–water partition coefficient (Wildman–Crippen LogP) is 2.92. The summed E-state index contributed by atoms with van der Waals surface area (Å²) in [6, 6.07) is 5.86. The zero-order chi connectivity index (χ0) is 16.7. The Morgan fingerprint density at radius 2 is 2.12 bits per heavy atom. The molecular weight excluding hydrogens is 304 g/mol. The molecule has 2 aromatic heterocycles. The van der Waals surface area contributed by atoms with Crippen molar-refractivity contribution in [2.75, 3.05) is 5.32 Å². The van der Waals surface area contributed by atoms with Crippen LogP contribution < -0.4 is 5.32 Å². The van der Waals surface area contributed by atoms with Gasteiger partial charge in [0.15, 0.2) is 5.82 Å². The molecule has 4 rings (SSSR count). The molecule has 2 heterocycles. The lowest BCUT2D eigenvalue weighted by Crippen LogP contribution is -2.24. The summed E-state index contributed by atoms with van der Waals surface area (Å²) in [6.07, 6.45) is 5.11. The number of anilines is 2. The molecule has 2 saturated carbocycles. The van der Waals surface area contributed by atoms with Gasteiger partial charge in [-0.2, -0.15) is 5.10 Å². The van der Waals surface area contributed by atoms with Gasteiger partial charge in [-0.25, -0.2) is 4.98 Å². The summed E-state index contributed by atoms with van der Waals surface area (Å²) in [6.45, 7) is 1.98. The molecular formula is C18H22N4O2. The Morgan fingerprint density at radius 3 is 2.83 bits per heavy atom. The highest BCUT2D eigenvalue weighted by Crippen LogP contribution is 2.42. The first-order valence-electron chi connectivity index (χ1n) is 8.55. The number of aliphatic hydroxyl groups is 1. The van der Waals surface area contributed by atoms with E-state index in [0.717, 1.165) is 23.4 Å². The summed E-state index contributed by atoms with van der Waals surface area (Å²) in [5.41, 5.74) is 1.79. The van der Waals surface area contributed by atoms with Gasteiger partial charge in [0.05, 0.1) is 5.69 Å². The number of hydrogen-bond acceptors (Lipinski definition) is 5. The minimum absolute atomic E-state index is 0.0823. The van der Waals surface area contributed by atoms with Gasteiger partial charge in [-0.05, 0) is 56.7 Å². The molecule has 0 amide bonds. The molecule has 6 heteroatoms. The van der Waals surface area contributed by atoms with E-state index in [1.54, 1.807) is 0 Å². The van der Waals surface area contributed by atoms with E-state index in [4.69, 9.17) is 0 Å². The van der Waals surface area contributed by atoms with Crippen LogP contribution >= 0.6 is 0 Å². The fraction of sp³-hybridized carbons (Fsp3) is 0.500. The summed E-state index contributed by atoms with van der Waals surface area (Å²) in [5, 5.41) is 21.5. The van der Waals surface area contributed by atoms with Crippen molar-refractivity contribution in [3.8, 4) is 0 Å². The Balaban J connectivity index is 1.57. The minimum Gasteiger partial charge on any atom is -0.384 e. The molecule has 0 unspecified atom stereocenters. The summed E-state index contributed by atoms with van der Waals surface area (Å²) < 4.78 is 0. The average Bonchev–Trinajstić information content (AvgIpc) is 3.18. The number of carbonyl (C=O) groups excluding carboxylic acids is 1. The molecule has 0 aromatic carbocycles. The number of pyridine rings is 1. The SMILES string of the molecule is Cc1cc(Nc2cc(C3CC3)[nH]n2)nc([C@@]2(O)CC[C@H](C=O)C2)c1. The van der Waals surface area contributed by atoms with E-state index in [1.165, 1.54) is 12.8 Å². The van der Waals surface area contributed by atoms with Crippen LogP contribution in [-0.4, -0.2) is 26.6 Å². The van der Waals surface area contributed by atoms with Gasteiger partial charge in [0.2, 0.25) is 0 Å². The molecule has 6 nitrogen and oxygen atoms in total. The Bertz CT molecular complexity index is 768. The number of rotatable bonds is 5. The second-order valence-corrected chi connectivity index (χ2v) is 7.19. The van der Waals surface area contributed by atoms with Crippen LogP contribution in [0.25, 0.3) is 0 Å². The molecule has 0 bridgehead atoms. The highest BCUT2D eigenvalue weighted by Gasteiger charge is 2.40. The molecule has 0 radical (unpaired) electrons. The monoisotopic (exact) mass is 326 g/mol. The predicted molar refractivity (Wildman–Crippen MR) is 90.1 cm³/mol. The van der Waals surface area contributed by atoms with Gasteiger partial charge in [-0.1, -0.05) is 0 Å². The molecule has 0 saturated heterocycles. The van der Waals surface area contributed by atoms with E-state index in [-0.39, 0.29) is 5.92 Å². The molecule has 0 spiro atoms. The Morgan fingerprint density at radius 1 is 1.29 bits per heavy atom. The maximum Gasteiger partial charge on any atom is 0.153 e. The Kier molecular flexibility index (Phi) is 3.64. The average molecular weight is 326 g/mol. The molecule has 3 N–H and O–H groups in total. The van der Waals surface area contributed by atoms with E-state index in [0.29, 0.717) is 36.7 Å². The van der Waals surface area contributed by atoms with Crippen LogP contribution in [0, 0.1) is 12.8 Å². The van der Waals surface area contributed by atoms with Crippen LogP contribution in [-0.2, 0) is 10.4 Å². The van der Waals surface area contributed by atoms with Crippen molar-refractivity contribution in [3.05, 3.63) is 35.2 Å².